The first-order chi connectivity index (χ1) is 16.8. The maximum absolute atomic E-state index is 13.9. The molecule has 0 radical (unpaired) electrons. The SMILES string of the molecule is C=CC(=O)OC12c3ccccc3C(c3ccc(C)cc31)C(C(=O)Nc1ccccc1C)C2C(=O)O. The van der Waals surface area contributed by atoms with Gasteiger partial charge in [-0.1, -0.05) is 72.8 Å². The second-order valence-electron chi connectivity index (χ2n) is 9.16. The largest absolute Gasteiger partial charge is 0.481 e. The Hall–Kier alpha value is -4.19. The predicted octanol–water partition coefficient (Wildman–Crippen LogP) is 4.69. The number of hydrogen-bond donors (Lipinski definition) is 2. The maximum atomic E-state index is 13.9. The Bertz CT molecular complexity index is 1390. The van der Waals surface area contributed by atoms with Crippen molar-refractivity contribution >= 4 is 23.5 Å². The predicted molar refractivity (Wildman–Crippen MR) is 131 cm³/mol. The number of hydrogen-bond acceptors (Lipinski definition) is 4. The second kappa shape index (κ2) is 8.24. The highest BCUT2D eigenvalue weighted by molar-refractivity contribution is 5.99. The summed E-state index contributed by atoms with van der Waals surface area (Å²) >= 11 is 0. The lowest BCUT2D eigenvalue weighted by Crippen LogP contribution is -2.59. The molecule has 35 heavy (non-hydrogen) atoms. The van der Waals surface area contributed by atoms with Crippen LogP contribution < -0.4 is 5.32 Å². The van der Waals surface area contributed by atoms with E-state index in [1.54, 1.807) is 18.2 Å². The highest BCUT2D eigenvalue weighted by Gasteiger charge is 2.66. The smallest absolute Gasteiger partial charge is 0.331 e. The van der Waals surface area contributed by atoms with Gasteiger partial charge in [-0.15, -0.1) is 0 Å². The van der Waals surface area contributed by atoms with Crippen molar-refractivity contribution in [2.75, 3.05) is 5.32 Å². The molecule has 0 aromatic heterocycles. The molecular formula is C29H25NO5. The van der Waals surface area contributed by atoms with E-state index in [-0.39, 0.29) is 0 Å². The van der Waals surface area contributed by atoms with Crippen LogP contribution in [0.5, 0.6) is 0 Å². The summed E-state index contributed by atoms with van der Waals surface area (Å²) in [4.78, 5) is 39.5. The molecule has 3 aromatic carbocycles. The van der Waals surface area contributed by atoms with E-state index in [2.05, 4.69) is 11.9 Å². The minimum absolute atomic E-state index is 0.434. The maximum Gasteiger partial charge on any atom is 0.331 e. The van der Waals surface area contributed by atoms with Gasteiger partial charge in [-0.2, -0.15) is 0 Å². The van der Waals surface area contributed by atoms with E-state index in [1.165, 1.54) is 0 Å². The number of fused-ring (bicyclic) bond motifs is 1. The number of para-hydroxylation sites is 1. The van der Waals surface area contributed by atoms with E-state index in [9.17, 15) is 19.5 Å². The molecule has 0 heterocycles. The Morgan fingerprint density at radius 1 is 0.971 bits per heavy atom. The van der Waals surface area contributed by atoms with Crippen molar-refractivity contribution in [1.82, 2.24) is 0 Å². The van der Waals surface area contributed by atoms with Crippen LogP contribution in [0.15, 0.2) is 79.4 Å². The quantitative estimate of drug-likeness (QED) is 0.420. The van der Waals surface area contributed by atoms with Gasteiger partial charge in [-0.05, 0) is 36.6 Å². The number of rotatable bonds is 5. The molecule has 6 nitrogen and oxygen atoms in total. The van der Waals surface area contributed by atoms with Gasteiger partial charge in [0, 0.05) is 28.8 Å². The van der Waals surface area contributed by atoms with Gasteiger partial charge in [0.15, 0.2) is 5.60 Å². The van der Waals surface area contributed by atoms with Gasteiger partial charge in [0.2, 0.25) is 5.91 Å². The molecule has 0 aliphatic heterocycles. The number of carbonyl (C=O) groups excluding carboxylic acids is 2. The highest BCUT2D eigenvalue weighted by atomic mass is 16.6. The zero-order valence-corrected chi connectivity index (χ0v) is 19.4. The van der Waals surface area contributed by atoms with Gasteiger partial charge in [-0.3, -0.25) is 9.59 Å². The summed E-state index contributed by atoms with van der Waals surface area (Å²) < 4.78 is 6.03. The summed E-state index contributed by atoms with van der Waals surface area (Å²) in [6.45, 7) is 7.29. The van der Waals surface area contributed by atoms with Crippen LogP contribution in [0.4, 0.5) is 5.69 Å². The first kappa shape index (κ1) is 22.6. The fourth-order valence-corrected chi connectivity index (χ4v) is 5.78. The summed E-state index contributed by atoms with van der Waals surface area (Å²) in [6, 6.07) is 20.3. The lowest BCUT2D eigenvalue weighted by molar-refractivity contribution is -0.176. The minimum atomic E-state index is -1.68. The number of amides is 1. The number of nitrogens with one attached hydrogen (secondary N) is 1. The van der Waals surface area contributed by atoms with Crippen molar-refractivity contribution in [3.8, 4) is 0 Å². The zero-order valence-electron chi connectivity index (χ0n) is 19.4. The van der Waals surface area contributed by atoms with E-state index < -0.39 is 41.2 Å². The van der Waals surface area contributed by atoms with Crippen LogP contribution in [0.25, 0.3) is 0 Å². The number of carboxylic acids is 1. The van der Waals surface area contributed by atoms with Gasteiger partial charge in [0.25, 0.3) is 0 Å². The van der Waals surface area contributed by atoms with Crippen LogP contribution in [0.1, 0.15) is 39.3 Å². The molecule has 0 saturated carbocycles. The van der Waals surface area contributed by atoms with Crippen molar-refractivity contribution in [2.24, 2.45) is 11.8 Å². The number of aryl methyl sites for hydroxylation is 2. The molecule has 3 aliphatic carbocycles. The topological polar surface area (TPSA) is 92.7 Å². The van der Waals surface area contributed by atoms with Crippen LogP contribution in [0.2, 0.25) is 0 Å². The van der Waals surface area contributed by atoms with Crippen LogP contribution >= 0.6 is 0 Å². The van der Waals surface area contributed by atoms with Crippen LogP contribution in [0.3, 0.4) is 0 Å². The molecule has 3 aliphatic rings. The Kier molecular flexibility index (Phi) is 5.32. The molecule has 1 amide bonds. The summed E-state index contributed by atoms with van der Waals surface area (Å²) in [5.41, 5.74) is 3.44. The van der Waals surface area contributed by atoms with Crippen LogP contribution in [0, 0.1) is 25.7 Å². The molecule has 4 atom stereocenters. The molecule has 0 fully saturated rings. The fourth-order valence-electron chi connectivity index (χ4n) is 5.78. The van der Waals surface area contributed by atoms with Crippen molar-refractivity contribution < 1.29 is 24.2 Å². The lowest BCUT2D eigenvalue weighted by atomic mass is 9.51. The van der Waals surface area contributed by atoms with Crippen LogP contribution in [-0.2, 0) is 24.7 Å². The van der Waals surface area contributed by atoms with E-state index in [1.807, 2.05) is 62.4 Å². The standard InChI is InChI=1S/C29H25NO5/c1-4-23(31)35-29-20-11-7-6-10-18(20)24(19-14-13-16(2)15-21(19)29)25(26(29)28(33)34)27(32)30-22-12-8-5-9-17(22)3/h4-15,24-26H,1H2,2-3H3,(H,30,32)(H,33,34). The first-order valence-corrected chi connectivity index (χ1v) is 11.4. The Morgan fingerprint density at radius 2 is 1.66 bits per heavy atom. The number of esters is 1. The minimum Gasteiger partial charge on any atom is -0.481 e. The molecule has 2 bridgehead atoms. The molecule has 4 unspecified atom stereocenters. The van der Waals surface area contributed by atoms with E-state index >= 15 is 0 Å². The number of anilines is 1. The van der Waals surface area contributed by atoms with E-state index in [0.717, 1.165) is 28.3 Å². The van der Waals surface area contributed by atoms with Crippen molar-refractivity contribution in [1.29, 1.82) is 0 Å². The summed E-state index contributed by atoms with van der Waals surface area (Å²) in [7, 11) is 0. The lowest BCUT2D eigenvalue weighted by Gasteiger charge is -2.54. The van der Waals surface area contributed by atoms with E-state index in [4.69, 9.17) is 4.74 Å². The van der Waals surface area contributed by atoms with Crippen molar-refractivity contribution in [3.63, 3.8) is 0 Å². The molecule has 176 valence electrons. The van der Waals surface area contributed by atoms with Gasteiger partial charge in [0.05, 0.1) is 5.92 Å². The second-order valence-corrected chi connectivity index (χ2v) is 9.16. The summed E-state index contributed by atoms with van der Waals surface area (Å²) in [5.74, 6) is -5.28. The third-order valence-corrected chi connectivity index (χ3v) is 7.20. The van der Waals surface area contributed by atoms with Gasteiger partial charge in [-0.25, -0.2) is 4.79 Å². The average molecular weight is 468 g/mol. The number of benzene rings is 3. The van der Waals surface area contributed by atoms with Crippen molar-refractivity contribution in [3.05, 3.63) is 113 Å². The summed E-state index contributed by atoms with van der Waals surface area (Å²) in [6.07, 6.45) is 1.02. The van der Waals surface area contributed by atoms with E-state index in [0.29, 0.717) is 16.8 Å². The molecule has 6 rings (SSSR count). The normalized spacial score (nSPS) is 23.5. The molecule has 0 saturated heterocycles. The molecule has 2 N–H and O–H groups in total. The highest BCUT2D eigenvalue weighted by Crippen LogP contribution is 2.62. The van der Waals surface area contributed by atoms with Gasteiger partial charge >= 0.3 is 11.9 Å². The Labute approximate surface area is 203 Å². The number of carboxylic acid groups (broad SMARTS) is 1. The van der Waals surface area contributed by atoms with Gasteiger partial charge < -0.3 is 15.2 Å². The molecule has 6 heteroatoms. The third kappa shape index (κ3) is 3.28. The average Bonchev–Trinajstić information content (AvgIpc) is 2.85. The monoisotopic (exact) mass is 467 g/mol. The molecule has 0 spiro atoms. The molecular weight excluding hydrogens is 442 g/mol. The van der Waals surface area contributed by atoms with Crippen molar-refractivity contribution in [2.45, 2.75) is 25.4 Å². The van der Waals surface area contributed by atoms with Crippen LogP contribution in [-0.4, -0.2) is 23.0 Å². The van der Waals surface area contributed by atoms with Gasteiger partial charge in [0.1, 0.15) is 5.92 Å². The zero-order chi connectivity index (χ0) is 24.9. The summed E-state index contributed by atoms with van der Waals surface area (Å²) in [5, 5.41) is 13.5. The number of aliphatic carboxylic acids is 1. The third-order valence-electron chi connectivity index (χ3n) is 7.20. The molecule has 3 aromatic rings. The number of ether oxygens (including phenoxy) is 1. The Balaban J connectivity index is 1.79. The Morgan fingerprint density at radius 3 is 2.37 bits per heavy atom. The number of carbonyl (C=O) groups is 3. The fraction of sp³-hybridized carbons (Fsp3) is 0.207. The first-order valence-electron chi connectivity index (χ1n) is 11.4.